The first-order valence-electron chi connectivity index (χ1n) is 4.24. The molecule has 6 nitrogen and oxygen atoms in total. The minimum atomic E-state index is -1.07. The number of Topliss-reactive ketones (excluding diaryl/α,β-unsaturated/α-hetero) is 1. The van der Waals surface area contributed by atoms with E-state index in [1.54, 1.807) is 0 Å². The van der Waals surface area contributed by atoms with Crippen LogP contribution in [0.25, 0.3) is 0 Å². The fraction of sp³-hybridized carbons (Fsp3) is 0.222. The van der Waals surface area contributed by atoms with Crippen LogP contribution in [0.4, 0.5) is 5.69 Å². The quantitative estimate of drug-likeness (QED) is 0.571. The van der Waals surface area contributed by atoms with Gasteiger partial charge in [0, 0.05) is 11.9 Å². The van der Waals surface area contributed by atoms with E-state index in [0.717, 1.165) is 0 Å². The number of carbonyl (C=O) groups excluding carboxylic acids is 1. The molecule has 6 heteroatoms. The number of rotatable bonds is 4. The van der Waals surface area contributed by atoms with E-state index in [2.05, 4.69) is 4.98 Å². The molecule has 0 bridgehead atoms. The van der Waals surface area contributed by atoms with Crippen molar-refractivity contribution < 1.29 is 14.7 Å². The smallest absolute Gasteiger partial charge is 0.309 e. The average molecular weight is 209 g/mol. The lowest BCUT2D eigenvalue weighted by Gasteiger charge is -2.07. The van der Waals surface area contributed by atoms with E-state index in [4.69, 9.17) is 16.6 Å². The van der Waals surface area contributed by atoms with Crippen molar-refractivity contribution in [3.05, 3.63) is 23.5 Å². The first kappa shape index (κ1) is 11.1. The summed E-state index contributed by atoms with van der Waals surface area (Å²) in [5.74, 6) is -1.48. The predicted molar refractivity (Wildman–Crippen MR) is 53.4 cm³/mol. The molecule has 1 rings (SSSR count). The highest BCUT2D eigenvalue weighted by Gasteiger charge is 2.16. The zero-order valence-electron chi connectivity index (χ0n) is 7.93. The number of nitrogens with two attached hydrogens (primary N) is 2. The van der Waals surface area contributed by atoms with Crippen molar-refractivity contribution in [1.82, 2.24) is 4.98 Å². The molecule has 0 aliphatic heterocycles. The Kier molecular flexibility index (Phi) is 3.35. The van der Waals surface area contributed by atoms with Crippen LogP contribution in [0.1, 0.15) is 16.1 Å². The number of pyridine rings is 1. The van der Waals surface area contributed by atoms with Crippen molar-refractivity contribution >= 4 is 17.4 Å². The van der Waals surface area contributed by atoms with Crippen LogP contribution in [0.2, 0.25) is 0 Å². The summed E-state index contributed by atoms with van der Waals surface area (Å²) in [5.41, 5.74) is 11.2. The van der Waals surface area contributed by atoms with Gasteiger partial charge in [-0.3, -0.25) is 14.6 Å². The summed E-state index contributed by atoms with van der Waals surface area (Å²) >= 11 is 0. The molecule has 0 atom stereocenters. The normalized spacial score (nSPS) is 9.93. The molecule has 15 heavy (non-hydrogen) atoms. The molecule has 0 aliphatic rings. The molecule has 1 aromatic heterocycles. The minimum absolute atomic E-state index is 0.113. The van der Waals surface area contributed by atoms with Crippen LogP contribution < -0.4 is 11.5 Å². The number of anilines is 1. The standard InChI is InChI=1S/C9H11N3O3/c10-4-7(13)9-5(11)1-2-12-6(9)3-8(14)15/h1-2H,3-4,10H2,(H2,11,12)(H,14,15). The molecule has 1 heterocycles. The van der Waals surface area contributed by atoms with Crippen LogP contribution in [0.15, 0.2) is 12.3 Å². The lowest BCUT2D eigenvalue weighted by molar-refractivity contribution is -0.136. The van der Waals surface area contributed by atoms with Crippen molar-refractivity contribution in [1.29, 1.82) is 0 Å². The summed E-state index contributed by atoms with van der Waals surface area (Å²) in [7, 11) is 0. The monoisotopic (exact) mass is 209 g/mol. The Morgan fingerprint density at radius 3 is 2.67 bits per heavy atom. The lowest BCUT2D eigenvalue weighted by Crippen LogP contribution is -2.19. The molecule has 1 aromatic rings. The summed E-state index contributed by atoms with van der Waals surface area (Å²) in [6.45, 7) is -0.220. The van der Waals surface area contributed by atoms with Gasteiger partial charge in [-0.1, -0.05) is 0 Å². The number of aliphatic carboxylic acids is 1. The Morgan fingerprint density at radius 1 is 1.47 bits per heavy atom. The zero-order chi connectivity index (χ0) is 11.4. The summed E-state index contributed by atoms with van der Waals surface area (Å²) in [6, 6.07) is 1.44. The van der Waals surface area contributed by atoms with E-state index in [1.165, 1.54) is 12.3 Å². The molecule has 0 fully saturated rings. The summed E-state index contributed by atoms with van der Waals surface area (Å²) in [5, 5.41) is 8.61. The number of nitrogen functional groups attached to an aromatic ring is 1. The molecule has 0 aliphatic carbocycles. The van der Waals surface area contributed by atoms with E-state index in [0.29, 0.717) is 0 Å². The number of aromatic nitrogens is 1. The highest BCUT2D eigenvalue weighted by molar-refractivity contribution is 6.03. The Balaban J connectivity index is 3.20. The van der Waals surface area contributed by atoms with Crippen LogP contribution in [-0.4, -0.2) is 28.4 Å². The highest BCUT2D eigenvalue weighted by atomic mass is 16.4. The van der Waals surface area contributed by atoms with Gasteiger partial charge in [0.1, 0.15) is 0 Å². The van der Waals surface area contributed by atoms with E-state index in [-0.39, 0.29) is 29.9 Å². The Labute approximate surface area is 85.9 Å². The fourth-order valence-corrected chi connectivity index (χ4v) is 1.22. The van der Waals surface area contributed by atoms with E-state index in [1.807, 2.05) is 0 Å². The van der Waals surface area contributed by atoms with E-state index in [9.17, 15) is 9.59 Å². The van der Waals surface area contributed by atoms with Crippen LogP contribution in [0.3, 0.4) is 0 Å². The molecule has 5 N–H and O–H groups in total. The second kappa shape index (κ2) is 4.52. The van der Waals surface area contributed by atoms with Gasteiger partial charge in [0.25, 0.3) is 0 Å². The van der Waals surface area contributed by atoms with Crippen LogP contribution in [0, 0.1) is 0 Å². The minimum Gasteiger partial charge on any atom is -0.481 e. The van der Waals surface area contributed by atoms with Gasteiger partial charge in [-0.05, 0) is 6.07 Å². The molecule has 0 amide bonds. The molecule has 0 saturated heterocycles. The molecular formula is C9H11N3O3. The van der Waals surface area contributed by atoms with Gasteiger partial charge < -0.3 is 16.6 Å². The first-order chi connectivity index (χ1) is 7.06. The van der Waals surface area contributed by atoms with Crippen molar-refractivity contribution in [3.8, 4) is 0 Å². The van der Waals surface area contributed by atoms with Crippen LogP contribution in [-0.2, 0) is 11.2 Å². The van der Waals surface area contributed by atoms with Crippen molar-refractivity contribution in [3.63, 3.8) is 0 Å². The lowest BCUT2D eigenvalue weighted by atomic mass is 10.0. The molecule has 0 aromatic carbocycles. The summed E-state index contributed by atoms with van der Waals surface area (Å²) in [6.07, 6.45) is 1.02. The van der Waals surface area contributed by atoms with Crippen LogP contribution in [0.5, 0.6) is 0 Å². The van der Waals surface area contributed by atoms with Crippen molar-refractivity contribution in [2.75, 3.05) is 12.3 Å². The Morgan fingerprint density at radius 2 is 2.13 bits per heavy atom. The maximum absolute atomic E-state index is 11.4. The number of carboxylic acids is 1. The fourth-order valence-electron chi connectivity index (χ4n) is 1.22. The maximum Gasteiger partial charge on any atom is 0.309 e. The predicted octanol–water partition coefficient (Wildman–Crippen LogP) is -0.568. The van der Waals surface area contributed by atoms with Gasteiger partial charge in [0.15, 0.2) is 5.78 Å². The number of carbonyl (C=O) groups is 2. The number of ketones is 1. The SMILES string of the molecule is NCC(=O)c1c(N)ccnc1CC(=O)O. The molecule has 0 unspecified atom stereocenters. The number of nitrogens with zero attached hydrogens (tertiary/aromatic N) is 1. The van der Waals surface area contributed by atoms with Crippen molar-refractivity contribution in [2.24, 2.45) is 5.73 Å². The van der Waals surface area contributed by atoms with Gasteiger partial charge in [-0.15, -0.1) is 0 Å². The summed E-state index contributed by atoms with van der Waals surface area (Å²) < 4.78 is 0. The van der Waals surface area contributed by atoms with Gasteiger partial charge >= 0.3 is 5.97 Å². The second-order valence-corrected chi connectivity index (χ2v) is 2.92. The molecule has 0 radical (unpaired) electrons. The third-order valence-electron chi connectivity index (χ3n) is 1.84. The molecule has 0 spiro atoms. The topological polar surface area (TPSA) is 119 Å². The number of hydrogen-bond acceptors (Lipinski definition) is 5. The molecule has 80 valence electrons. The molecular weight excluding hydrogens is 198 g/mol. The first-order valence-corrected chi connectivity index (χ1v) is 4.24. The maximum atomic E-state index is 11.4. The van der Waals surface area contributed by atoms with Gasteiger partial charge in [0.2, 0.25) is 0 Å². The van der Waals surface area contributed by atoms with E-state index >= 15 is 0 Å². The Hall–Kier alpha value is -1.95. The highest BCUT2D eigenvalue weighted by Crippen LogP contribution is 2.15. The zero-order valence-corrected chi connectivity index (χ0v) is 7.93. The third-order valence-corrected chi connectivity index (χ3v) is 1.84. The van der Waals surface area contributed by atoms with Crippen molar-refractivity contribution in [2.45, 2.75) is 6.42 Å². The number of carboxylic acid groups (broad SMARTS) is 1. The van der Waals surface area contributed by atoms with Gasteiger partial charge in [0.05, 0.1) is 24.2 Å². The van der Waals surface area contributed by atoms with Gasteiger partial charge in [-0.2, -0.15) is 0 Å². The number of hydrogen-bond donors (Lipinski definition) is 3. The third kappa shape index (κ3) is 2.50. The average Bonchev–Trinajstić information content (AvgIpc) is 2.16. The Bertz CT molecular complexity index is 404. The van der Waals surface area contributed by atoms with E-state index < -0.39 is 11.8 Å². The molecule has 0 saturated carbocycles. The largest absolute Gasteiger partial charge is 0.481 e. The second-order valence-electron chi connectivity index (χ2n) is 2.92. The summed E-state index contributed by atoms with van der Waals surface area (Å²) in [4.78, 5) is 25.7. The van der Waals surface area contributed by atoms with Gasteiger partial charge in [-0.25, -0.2) is 0 Å². The van der Waals surface area contributed by atoms with Crippen LogP contribution >= 0.6 is 0 Å².